The Morgan fingerprint density at radius 2 is 2.11 bits per heavy atom. The number of hydrogen-bond acceptors (Lipinski definition) is 3. The first kappa shape index (κ1) is 11.9. The van der Waals surface area contributed by atoms with E-state index >= 15 is 0 Å². The van der Waals surface area contributed by atoms with Crippen molar-refractivity contribution >= 4 is 27.9 Å². The van der Waals surface area contributed by atoms with Gasteiger partial charge in [0, 0.05) is 29.1 Å². The van der Waals surface area contributed by atoms with E-state index in [0.29, 0.717) is 5.52 Å². The van der Waals surface area contributed by atoms with Crippen molar-refractivity contribution < 1.29 is 4.92 Å². The molecule has 3 rings (SSSR count). The van der Waals surface area contributed by atoms with Gasteiger partial charge in [-0.2, -0.15) is 0 Å². The number of rotatable bonds is 4. The molecule has 2 heterocycles. The minimum atomic E-state index is -0.316. The molecule has 0 saturated heterocycles. The van der Waals surface area contributed by atoms with E-state index in [9.17, 15) is 10.1 Å². The minimum absolute atomic E-state index is 0.175. The molecule has 1 aromatic carbocycles. The molecule has 0 atom stereocenters. The molecule has 0 saturated carbocycles. The van der Waals surface area contributed by atoms with Crippen LogP contribution in [0, 0.1) is 10.1 Å². The first-order valence-electron chi connectivity index (χ1n) is 6.00. The molecule has 0 unspecified atom stereocenters. The normalized spacial score (nSPS) is 10.9. The number of nitro benzene ring substituents is 1. The van der Waals surface area contributed by atoms with Crippen LogP contribution in [0.4, 0.5) is 5.69 Å². The van der Waals surface area contributed by atoms with Gasteiger partial charge in [-0.15, -0.1) is 11.3 Å². The number of nitro groups is 1. The molecule has 3 aromatic rings. The molecule has 0 aliphatic heterocycles. The van der Waals surface area contributed by atoms with Gasteiger partial charge in [-0.05, 0) is 23.9 Å². The minimum Gasteiger partial charge on any atom is -0.342 e. The van der Waals surface area contributed by atoms with Crippen LogP contribution in [0.2, 0.25) is 0 Å². The lowest BCUT2D eigenvalue weighted by atomic mass is 10.2. The van der Waals surface area contributed by atoms with Gasteiger partial charge in [0.2, 0.25) is 0 Å². The molecule has 0 radical (unpaired) electrons. The zero-order valence-corrected chi connectivity index (χ0v) is 11.0. The Labute approximate surface area is 114 Å². The van der Waals surface area contributed by atoms with Crippen LogP contribution in [0.5, 0.6) is 0 Å². The van der Waals surface area contributed by atoms with Gasteiger partial charge in [0.25, 0.3) is 5.69 Å². The third-order valence-electron chi connectivity index (χ3n) is 3.14. The first-order valence-corrected chi connectivity index (χ1v) is 6.88. The summed E-state index contributed by atoms with van der Waals surface area (Å²) in [5.41, 5.74) is 0.887. The number of aryl methyl sites for hydroxylation is 2. The van der Waals surface area contributed by atoms with Crippen molar-refractivity contribution in [3.63, 3.8) is 0 Å². The van der Waals surface area contributed by atoms with E-state index in [1.807, 2.05) is 34.3 Å². The number of hydrogen-bond donors (Lipinski definition) is 0. The van der Waals surface area contributed by atoms with Crippen LogP contribution >= 0.6 is 11.3 Å². The zero-order valence-electron chi connectivity index (χ0n) is 10.2. The quantitative estimate of drug-likeness (QED) is 0.535. The van der Waals surface area contributed by atoms with Gasteiger partial charge in [0.15, 0.2) is 0 Å². The summed E-state index contributed by atoms with van der Waals surface area (Å²) in [6, 6.07) is 11.2. The number of fused-ring (bicyclic) bond motifs is 1. The summed E-state index contributed by atoms with van der Waals surface area (Å²) >= 11 is 1.71. The number of nitrogens with zero attached hydrogens (tertiary/aromatic N) is 2. The predicted molar refractivity (Wildman–Crippen MR) is 76.6 cm³/mol. The largest absolute Gasteiger partial charge is 0.342 e. The molecule has 0 amide bonds. The zero-order chi connectivity index (χ0) is 13.2. The smallest absolute Gasteiger partial charge is 0.293 e. The van der Waals surface area contributed by atoms with Gasteiger partial charge in [-0.25, -0.2) is 0 Å². The van der Waals surface area contributed by atoms with E-state index in [1.165, 1.54) is 4.88 Å². The summed E-state index contributed by atoms with van der Waals surface area (Å²) in [6.07, 6.45) is 2.82. The van der Waals surface area contributed by atoms with Crippen LogP contribution in [0.15, 0.2) is 48.0 Å². The number of thiophene rings is 1. The predicted octanol–water partition coefficient (Wildman–Crippen LogP) is 3.85. The van der Waals surface area contributed by atoms with Crippen LogP contribution in [0.1, 0.15) is 4.88 Å². The highest BCUT2D eigenvalue weighted by molar-refractivity contribution is 7.09. The lowest BCUT2D eigenvalue weighted by Gasteiger charge is -2.04. The standard InChI is InChI=1S/C14H12N2O2S/c17-16(18)13-5-1-3-11-6-8-15(14(11)13)9-7-12-4-2-10-19-12/h1-6,8,10H,7,9H2. The van der Waals surface area contributed by atoms with Gasteiger partial charge in [-0.3, -0.25) is 10.1 Å². The van der Waals surface area contributed by atoms with E-state index in [-0.39, 0.29) is 10.6 Å². The monoisotopic (exact) mass is 272 g/mol. The Bertz CT molecular complexity index is 716. The fraction of sp³-hybridized carbons (Fsp3) is 0.143. The average Bonchev–Trinajstić information content (AvgIpc) is 3.05. The summed E-state index contributed by atoms with van der Waals surface area (Å²) in [5, 5.41) is 14.1. The summed E-state index contributed by atoms with van der Waals surface area (Å²) in [5.74, 6) is 0. The maximum absolute atomic E-state index is 11.1. The lowest BCUT2D eigenvalue weighted by Crippen LogP contribution is -2.01. The molecular weight excluding hydrogens is 260 g/mol. The highest BCUT2D eigenvalue weighted by Gasteiger charge is 2.15. The van der Waals surface area contributed by atoms with Crippen LogP contribution < -0.4 is 0 Å². The number of aromatic nitrogens is 1. The Morgan fingerprint density at radius 1 is 1.21 bits per heavy atom. The van der Waals surface area contributed by atoms with Crippen molar-refractivity contribution in [2.24, 2.45) is 0 Å². The van der Waals surface area contributed by atoms with Crippen molar-refractivity contribution in [1.82, 2.24) is 4.57 Å². The summed E-state index contributed by atoms with van der Waals surface area (Å²) < 4.78 is 1.97. The van der Waals surface area contributed by atoms with Crippen LogP contribution in [-0.4, -0.2) is 9.49 Å². The van der Waals surface area contributed by atoms with Gasteiger partial charge in [-0.1, -0.05) is 18.2 Å². The Balaban J connectivity index is 1.97. The number of benzene rings is 1. The van der Waals surface area contributed by atoms with E-state index in [0.717, 1.165) is 18.4 Å². The first-order chi connectivity index (χ1) is 9.25. The lowest BCUT2D eigenvalue weighted by molar-refractivity contribution is -0.383. The summed E-state index contributed by atoms with van der Waals surface area (Å²) in [7, 11) is 0. The van der Waals surface area contributed by atoms with Crippen LogP contribution in [-0.2, 0) is 13.0 Å². The van der Waals surface area contributed by atoms with E-state index < -0.39 is 0 Å². The molecule has 0 bridgehead atoms. The highest BCUT2D eigenvalue weighted by Crippen LogP contribution is 2.26. The van der Waals surface area contributed by atoms with Gasteiger partial charge in [0.1, 0.15) is 5.52 Å². The van der Waals surface area contributed by atoms with Gasteiger partial charge >= 0.3 is 0 Å². The van der Waals surface area contributed by atoms with Crippen molar-refractivity contribution in [1.29, 1.82) is 0 Å². The van der Waals surface area contributed by atoms with Crippen molar-refractivity contribution in [2.45, 2.75) is 13.0 Å². The molecule has 4 nitrogen and oxygen atoms in total. The fourth-order valence-electron chi connectivity index (χ4n) is 2.26. The van der Waals surface area contributed by atoms with E-state index in [4.69, 9.17) is 0 Å². The SMILES string of the molecule is O=[N+]([O-])c1cccc2ccn(CCc3cccs3)c12. The summed E-state index contributed by atoms with van der Waals surface area (Å²) in [6.45, 7) is 0.759. The number of non-ortho nitro benzene ring substituents is 1. The van der Waals surface area contributed by atoms with Gasteiger partial charge in [0.05, 0.1) is 4.92 Å². The molecule has 0 aliphatic rings. The third-order valence-corrected chi connectivity index (χ3v) is 4.08. The third kappa shape index (κ3) is 2.24. The van der Waals surface area contributed by atoms with E-state index in [2.05, 4.69) is 6.07 Å². The average molecular weight is 272 g/mol. The van der Waals surface area contributed by atoms with Crippen LogP contribution in [0.3, 0.4) is 0 Å². The molecule has 2 aromatic heterocycles. The molecular formula is C14H12N2O2S. The molecule has 0 aliphatic carbocycles. The van der Waals surface area contributed by atoms with Crippen LogP contribution in [0.25, 0.3) is 10.9 Å². The molecule has 0 fully saturated rings. The number of para-hydroxylation sites is 1. The Kier molecular flexibility index (Phi) is 3.05. The Morgan fingerprint density at radius 3 is 2.84 bits per heavy atom. The molecule has 96 valence electrons. The molecule has 19 heavy (non-hydrogen) atoms. The Hall–Kier alpha value is -2.14. The second-order valence-corrected chi connectivity index (χ2v) is 5.34. The second-order valence-electron chi connectivity index (χ2n) is 4.31. The summed E-state index contributed by atoms with van der Waals surface area (Å²) in [4.78, 5) is 12.1. The second kappa shape index (κ2) is 4.85. The fourth-order valence-corrected chi connectivity index (χ4v) is 2.96. The molecule has 5 heteroatoms. The van der Waals surface area contributed by atoms with Crippen molar-refractivity contribution in [2.75, 3.05) is 0 Å². The topological polar surface area (TPSA) is 48.1 Å². The van der Waals surface area contributed by atoms with Crippen molar-refractivity contribution in [3.05, 3.63) is 63.0 Å². The highest BCUT2D eigenvalue weighted by atomic mass is 32.1. The van der Waals surface area contributed by atoms with Gasteiger partial charge < -0.3 is 4.57 Å². The van der Waals surface area contributed by atoms with E-state index in [1.54, 1.807) is 23.5 Å². The molecule has 0 N–H and O–H groups in total. The maximum Gasteiger partial charge on any atom is 0.293 e. The molecule has 0 spiro atoms. The van der Waals surface area contributed by atoms with Crippen molar-refractivity contribution in [3.8, 4) is 0 Å². The maximum atomic E-state index is 11.1.